The quantitative estimate of drug-likeness (QED) is 0.651. The van der Waals surface area contributed by atoms with Crippen LogP contribution in [0.1, 0.15) is 18.9 Å². The van der Waals surface area contributed by atoms with E-state index in [1.54, 1.807) is 24.3 Å². The standard InChI is InChI=1S/C17H17NO5/c1-11(19)3-4-13-9-17(23-2)16(20)10-15(13)12-5-7-14(8-6-12)18(21)22/h5-10,20H,3-4H2,1-2H3. The van der Waals surface area contributed by atoms with Crippen molar-refractivity contribution in [2.24, 2.45) is 0 Å². The number of ketones is 1. The third kappa shape index (κ3) is 3.85. The lowest BCUT2D eigenvalue weighted by Crippen LogP contribution is -1.98. The maximum absolute atomic E-state index is 11.3. The Labute approximate surface area is 133 Å². The number of nitro benzene ring substituents is 1. The molecule has 2 aromatic rings. The Balaban J connectivity index is 2.47. The number of benzene rings is 2. The summed E-state index contributed by atoms with van der Waals surface area (Å²) in [6, 6.07) is 9.30. The molecule has 0 saturated heterocycles. The largest absolute Gasteiger partial charge is 0.504 e. The van der Waals surface area contributed by atoms with Gasteiger partial charge in [0.25, 0.3) is 5.69 Å². The van der Waals surface area contributed by atoms with Crippen molar-refractivity contribution in [3.8, 4) is 22.6 Å². The zero-order valence-electron chi connectivity index (χ0n) is 12.9. The molecule has 0 aliphatic carbocycles. The molecule has 0 amide bonds. The molecule has 6 nitrogen and oxygen atoms in total. The van der Waals surface area contributed by atoms with Gasteiger partial charge in [0.05, 0.1) is 12.0 Å². The minimum absolute atomic E-state index is 0.00299. The third-order valence-electron chi connectivity index (χ3n) is 3.54. The molecule has 23 heavy (non-hydrogen) atoms. The maximum atomic E-state index is 11.3. The van der Waals surface area contributed by atoms with Crippen molar-refractivity contribution in [3.05, 3.63) is 52.1 Å². The van der Waals surface area contributed by atoms with Gasteiger partial charge in [-0.1, -0.05) is 0 Å². The molecule has 0 aliphatic rings. The van der Waals surface area contributed by atoms with Crippen molar-refractivity contribution in [1.29, 1.82) is 0 Å². The minimum Gasteiger partial charge on any atom is -0.504 e. The molecule has 0 saturated carbocycles. The number of non-ortho nitro benzene ring substituents is 1. The van der Waals surface area contributed by atoms with E-state index in [1.807, 2.05) is 0 Å². The molecule has 0 atom stereocenters. The third-order valence-corrected chi connectivity index (χ3v) is 3.54. The number of ether oxygens (including phenoxy) is 1. The number of nitrogens with zero attached hydrogens (tertiary/aromatic N) is 1. The fourth-order valence-corrected chi connectivity index (χ4v) is 2.32. The van der Waals surface area contributed by atoms with E-state index in [2.05, 4.69) is 0 Å². The molecule has 0 heterocycles. The first-order valence-electron chi connectivity index (χ1n) is 7.06. The van der Waals surface area contributed by atoms with E-state index in [-0.39, 0.29) is 17.2 Å². The van der Waals surface area contributed by atoms with Crippen LogP contribution in [0.5, 0.6) is 11.5 Å². The first-order chi connectivity index (χ1) is 10.9. The normalized spacial score (nSPS) is 10.3. The molecule has 0 aromatic heterocycles. The van der Waals surface area contributed by atoms with Crippen LogP contribution >= 0.6 is 0 Å². The van der Waals surface area contributed by atoms with Gasteiger partial charge in [0.2, 0.25) is 0 Å². The summed E-state index contributed by atoms with van der Waals surface area (Å²) >= 11 is 0. The van der Waals surface area contributed by atoms with Crippen LogP contribution in [0.2, 0.25) is 0 Å². The second-order valence-corrected chi connectivity index (χ2v) is 5.19. The number of aromatic hydroxyl groups is 1. The van der Waals surface area contributed by atoms with Gasteiger partial charge in [-0.15, -0.1) is 0 Å². The number of carbonyl (C=O) groups excluding carboxylic acids is 1. The van der Waals surface area contributed by atoms with Crippen LogP contribution in [0.3, 0.4) is 0 Å². The first-order valence-corrected chi connectivity index (χ1v) is 7.06. The molecule has 0 unspecified atom stereocenters. The van der Waals surface area contributed by atoms with Crippen LogP contribution in [0.15, 0.2) is 36.4 Å². The number of hydrogen-bond donors (Lipinski definition) is 1. The molecule has 120 valence electrons. The number of methoxy groups -OCH3 is 1. The second-order valence-electron chi connectivity index (χ2n) is 5.19. The van der Waals surface area contributed by atoms with Crippen LogP contribution in [-0.2, 0) is 11.2 Å². The molecular weight excluding hydrogens is 298 g/mol. The summed E-state index contributed by atoms with van der Waals surface area (Å²) in [6.45, 7) is 1.52. The number of Topliss-reactive ketones (excluding diaryl/α,β-unsaturated/α-hetero) is 1. The lowest BCUT2D eigenvalue weighted by Gasteiger charge is -2.13. The molecule has 1 N–H and O–H groups in total. The van der Waals surface area contributed by atoms with Crippen LogP contribution in [0.4, 0.5) is 5.69 Å². The SMILES string of the molecule is COc1cc(CCC(C)=O)c(-c2ccc([N+](=O)[O-])cc2)cc1O. The van der Waals surface area contributed by atoms with E-state index < -0.39 is 4.92 Å². The molecule has 2 rings (SSSR count). The average molecular weight is 315 g/mol. The van der Waals surface area contributed by atoms with Gasteiger partial charge in [0, 0.05) is 18.6 Å². The highest BCUT2D eigenvalue weighted by molar-refractivity contribution is 5.77. The van der Waals surface area contributed by atoms with Gasteiger partial charge in [0.15, 0.2) is 11.5 Å². The van der Waals surface area contributed by atoms with Crippen LogP contribution < -0.4 is 4.74 Å². The van der Waals surface area contributed by atoms with Crippen molar-refractivity contribution in [2.75, 3.05) is 7.11 Å². The van der Waals surface area contributed by atoms with Gasteiger partial charge >= 0.3 is 0 Å². The Hall–Kier alpha value is -2.89. The van der Waals surface area contributed by atoms with Crippen molar-refractivity contribution in [1.82, 2.24) is 0 Å². The molecular formula is C17H17NO5. The monoisotopic (exact) mass is 315 g/mol. The van der Waals surface area contributed by atoms with E-state index in [0.717, 1.165) is 16.7 Å². The zero-order valence-corrected chi connectivity index (χ0v) is 12.9. The first kappa shape index (κ1) is 16.5. The number of phenols is 1. The molecule has 0 aliphatic heterocycles. The predicted molar refractivity (Wildman–Crippen MR) is 85.8 cm³/mol. The summed E-state index contributed by atoms with van der Waals surface area (Å²) < 4.78 is 5.11. The van der Waals surface area contributed by atoms with Gasteiger partial charge in [-0.25, -0.2) is 0 Å². The Morgan fingerprint density at radius 2 is 1.91 bits per heavy atom. The predicted octanol–water partition coefficient (Wildman–Crippen LogP) is 3.50. The summed E-state index contributed by atoms with van der Waals surface area (Å²) in [6.07, 6.45) is 0.867. The highest BCUT2D eigenvalue weighted by atomic mass is 16.6. The minimum atomic E-state index is -0.466. The second kappa shape index (κ2) is 6.91. The van der Waals surface area contributed by atoms with Gasteiger partial charge in [-0.3, -0.25) is 10.1 Å². The molecule has 0 spiro atoms. The van der Waals surface area contributed by atoms with E-state index in [1.165, 1.54) is 26.2 Å². The van der Waals surface area contributed by atoms with E-state index in [9.17, 15) is 20.0 Å². The number of carbonyl (C=O) groups is 1. The van der Waals surface area contributed by atoms with Gasteiger partial charge in [-0.05, 0) is 54.3 Å². The van der Waals surface area contributed by atoms with Crippen molar-refractivity contribution in [3.63, 3.8) is 0 Å². The van der Waals surface area contributed by atoms with Gasteiger partial charge < -0.3 is 14.6 Å². The number of phenolic OH excluding ortho intramolecular Hbond substituents is 1. The summed E-state index contributed by atoms with van der Waals surface area (Å²) in [5, 5.41) is 20.7. The summed E-state index contributed by atoms with van der Waals surface area (Å²) in [5.41, 5.74) is 2.28. The van der Waals surface area contributed by atoms with Gasteiger partial charge in [0.1, 0.15) is 5.78 Å². The lowest BCUT2D eigenvalue weighted by molar-refractivity contribution is -0.384. The fraction of sp³-hybridized carbons (Fsp3) is 0.235. The molecule has 6 heteroatoms. The van der Waals surface area contributed by atoms with Crippen LogP contribution in [0, 0.1) is 10.1 Å². The summed E-state index contributed by atoms with van der Waals surface area (Å²) in [5.74, 6) is 0.369. The van der Waals surface area contributed by atoms with E-state index in [0.29, 0.717) is 18.6 Å². The number of nitro groups is 1. The number of rotatable bonds is 6. The van der Waals surface area contributed by atoms with E-state index in [4.69, 9.17) is 4.74 Å². The molecule has 0 fully saturated rings. The zero-order chi connectivity index (χ0) is 17.0. The number of aryl methyl sites for hydroxylation is 1. The Kier molecular flexibility index (Phi) is 4.95. The fourth-order valence-electron chi connectivity index (χ4n) is 2.32. The number of hydrogen-bond acceptors (Lipinski definition) is 5. The summed E-state index contributed by atoms with van der Waals surface area (Å²) in [7, 11) is 1.45. The Morgan fingerprint density at radius 3 is 2.43 bits per heavy atom. The average Bonchev–Trinajstić information content (AvgIpc) is 2.53. The molecule has 2 aromatic carbocycles. The maximum Gasteiger partial charge on any atom is 0.269 e. The van der Waals surface area contributed by atoms with Crippen molar-refractivity contribution in [2.45, 2.75) is 19.8 Å². The Morgan fingerprint density at radius 1 is 1.26 bits per heavy atom. The van der Waals surface area contributed by atoms with Crippen LogP contribution in [-0.4, -0.2) is 22.9 Å². The lowest BCUT2D eigenvalue weighted by atomic mass is 9.95. The highest BCUT2D eigenvalue weighted by Gasteiger charge is 2.13. The smallest absolute Gasteiger partial charge is 0.269 e. The van der Waals surface area contributed by atoms with Crippen molar-refractivity contribution < 1.29 is 19.6 Å². The Bertz CT molecular complexity index is 737. The summed E-state index contributed by atoms with van der Waals surface area (Å²) in [4.78, 5) is 21.5. The highest BCUT2D eigenvalue weighted by Crippen LogP contribution is 2.36. The topological polar surface area (TPSA) is 89.7 Å². The van der Waals surface area contributed by atoms with Gasteiger partial charge in [-0.2, -0.15) is 0 Å². The molecule has 0 bridgehead atoms. The van der Waals surface area contributed by atoms with Crippen LogP contribution in [0.25, 0.3) is 11.1 Å². The van der Waals surface area contributed by atoms with Crippen molar-refractivity contribution >= 4 is 11.5 Å². The molecule has 0 radical (unpaired) electrons. The van der Waals surface area contributed by atoms with E-state index >= 15 is 0 Å².